The molecule has 4 aromatic carbocycles. The van der Waals surface area contributed by atoms with Gasteiger partial charge in [0.15, 0.2) is 0 Å². The fourth-order valence-electron chi connectivity index (χ4n) is 6.09. The summed E-state index contributed by atoms with van der Waals surface area (Å²) in [7, 11) is 1.77. The molecule has 0 saturated carbocycles. The highest BCUT2D eigenvalue weighted by atomic mass is 16.5. The van der Waals surface area contributed by atoms with Crippen LogP contribution in [-0.2, 0) is 22.6 Å². The SMILES string of the molecule is CCN1C(=O)N[C@H](c2cccc(Oc3ccccc3)c2)C2=C1CN([C@H](Cc1ccccc1)C(=O)N(C)Cc1ccccc1)C2=O. The molecule has 0 aromatic heterocycles. The van der Waals surface area contributed by atoms with Crippen molar-refractivity contribution in [3.63, 3.8) is 0 Å². The van der Waals surface area contributed by atoms with Crippen LogP contribution in [0.25, 0.3) is 0 Å². The summed E-state index contributed by atoms with van der Waals surface area (Å²) in [4.78, 5) is 47.0. The van der Waals surface area contributed by atoms with Gasteiger partial charge < -0.3 is 19.9 Å². The third-order valence-electron chi connectivity index (χ3n) is 8.31. The Kier molecular flexibility index (Phi) is 8.64. The van der Waals surface area contributed by atoms with Gasteiger partial charge in [0.05, 0.1) is 23.9 Å². The predicted molar refractivity (Wildman–Crippen MR) is 172 cm³/mol. The molecule has 4 amide bonds. The summed E-state index contributed by atoms with van der Waals surface area (Å²) in [6, 6.07) is 34.7. The maximum atomic E-state index is 14.5. The van der Waals surface area contributed by atoms with Crippen LogP contribution in [0.1, 0.15) is 29.7 Å². The molecule has 8 heteroatoms. The van der Waals surface area contributed by atoms with Crippen LogP contribution in [0.2, 0.25) is 0 Å². The smallest absolute Gasteiger partial charge is 0.322 e. The van der Waals surface area contributed by atoms with Crippen molar-refractivity contribution in [3.8, 4) is 11.5 Å². The quantitative estimate of drug-likeness (QED) is 0.245. The van der Waals surface area contributed by atoms with Crippen LogP contribution >= 0.6 is 0 Å². The van der Waals surface area contributed by atoms with Crippen molar-refractivity contribution in [2.45, 2.75) is 32.0 Å². The number of urea groups is 1. The van der Waals surface area contributed by atoms with Gasteiger partial charge in [-0.15, -0.1) is 0 Å². The molecule has 0 aliphatic carbocycles. The molecule has 4 aromatic rings. The van der Waals surface area contributed by atoms with E-state index >= 15 is 0 Å². The van der Waals surface area contributed by atoms with E-state index in [1.165, 1.54) is 0 Å². The van der Waals surface area contributed by atoms with E-state index in [1.807, 2.05) is 122 Å². The molecular weight excluding hydrogens is 564 g/mol. The van der Waals surface area contributed by atoms with Crippen molar-refractivity contribution in [3.05, 3.63) is 143 Å². The Labute approximate surface area is 263 Å². The molecule has 0 bridgehead atoms. The first-order chi connectivity index (χ1) is 21.9. The summed E-state index contributed by atoms with van der Waals surface area (Å²) in [5.74, 6) is 0.859. The number of hydrogen-bond acceptors (Lipinski definition) is 4. The summed E-state index contributed by atoms with van der Waals surface area (Å²) in [6.07, 6.45) is 0.351. The number of nitrogens with one attached hydrogen (secondary N) is 1. The number of carbonyl (C=O) groups excluding carboxylic acids is 3. The second-order valence-corrected chi connectivity index (χ2v) is 11.3. The molecular formula is C37H36N4O4. The summed E-state index contributed by atoms with van der Waals surface area (Å²) in [5, 5.41) is 3.05. The number of ether oxygens (including phenoxy) is 1. The largest absolute Gasteiger partial charge is 0.457 e. The molecule has 1 N–H and O–H groups in total. The molecule has 2 aliphatic rings. The van der Waals surface area contributed by atoms with Crippen LogP contribution in [-0.4, -0.2) is 58.7 Å². The normalized spacial score (nSPS) is 16.7. The second-order valence-electron chi connectivity index (χ2n) is 11.3. The third-order valence-corrected chi connectivity index (χ3v) is 8.31. The van der Waals surface area contributed by atoms with Crippen LogP contribution in [0.3, 0.4) is 0 Å². The van der Waals surface area contributed by atoms with Crippen molar-refractivity contribution in [1.82, 2.24) is 20.0 Å². The first-order valence-corrected chi connectivity index (χ1v) is 15.2. The molecule has 6 rings (SSSR count). The minimum absolute atomic E-state index is 0.159. The van der Waals surface area contributed by atoms with E-state index in [1.54, 1.807) is 21.7 Å². The van der Waals surface area contributed by atoms with Gasteiger partial charge in [0, 0.05) is 26.6 Å². The maximum Gasteiger partial charge on any atom is 0.322 e. The van der Waals surface area contributed by atoms with Crippen LogP contribution in [0, 0.1) is 0 Å². The van der Waals surface area contributed by atoms with Crippen molar-refractivity contribution >= 4 is 17.8 Å². The lowest BCUT2D eigenvalue weighted by Gasteiger charge is -2.33. The average molecular weight is 601 g/mol. The summed E-state index contributed by atoms with van der Waals surface area (Å²) < 4.78 is 6.06. The molecule has 0 spiro atoms. The van der Waals surface area contributed by atoms with Crippen molar-refractivity contribution in [1.29, 1.82) is 0 Å². The Bertz CT molecular complexity index is 1710. The lowest BCUT2D eigenvalue weighted by Crippen LogP contribution is -2.50. The van der Waals surface area contributed by atoms with Gasteiger partial charge >= 0.3 is 6.03 Å². The maximum absolute atomic E-state index is 14.5. The number of amides is 4. The Morgan fingerprint density at radius 3 is 2.16 bits per heavy atom. The number of para-hydroxylation sites is 1. The Morgan fingerprint density at radius 2 is 1.49 bits per heavy atom. The predicted octanol–water partition coefficient (Wildman–Crippen LogP) is 5.93. The van der Waals surface area contributed by atoms with Gasteiger partial charge in [-0.3, -0.25) is 14.5 Å². The van der Waals surface area contributed by atoms with E-state index < -0.39 is 12.1 Å². The lowest BCUT2D eigenvalue weighted by atomic mass is 9.95. The van der Waals surface area contributed by atoms with E-state index in [0.717, 1.165) is 16.7 Å². The summed E-state index contributed by atoms with van der Waals surface area (Å²) in [6.45, 7) is 2.85. The minimum atomic E-state index is -0.763. The number of nitrogens with zero attached hydrogens (tertiary/aromatic N) is 3. The lowest BCUT2D eigenvalue weighted by molar-refractivity contribution is -0.142. The zero-order chi connectivity index (χ0) is 31.3. The van der Waals surface area contributed by atoms with Crippen LogP contribution in [0.4, 0.5) is 4.79 Å². The number of likely N-dealkylation sites (N-methyl/N-ethyl adjacent to an activating group) is 2. The van der Waals surface area contributed by atoms with Gasteiger partial charge in [-0.05, 0) is 47.9 Å². The zero-order valence-electron chi connectivity index (χ0n) is 25.4. The van der Waals surface area contributed by atoms with E-state index in [4.69, 9.17) is 4.74 Å². The summed E-state index contributed by atoms with van der Waals surface area (Å²) >= 11 is 0. The number of benzene rings is 4. The van der Waals surface area contributed by atoms with E-state index in [9.17, 15) is 14.4 Å². The molecule has 0 fully saturated rings. The molecule has 0 unspecified atom stereocenters. The van der Waals surface area contributed by atoms with Gasteiger partial charge in [0.25, 0.3) is 5.91 Å². The third kappa shape index (κ3) is 6.31. The fraction of sp³-hybridized carbons (Fsp3) is 0.216. The molecule has 228 valence electrons. The van der Waals surface area contributed by atoms with Crippen LogP contribution in [0.15, 0.2) is 127 Å². The highest BCUT2D eigenvalue weighted by Crippen LogP contribution is 2.38. The molecule has 2 aliphatic heterocycles. The van der Waals surface area contributed by atoms with E-state index in [2.05, 4.69) is 5.32 Å². The molecule has 2 atom stereocenters. The van der Waals surface area contributed by atoms with Crippen LogP contribution in [0.5, 0.6) is 11.5 Å². The Hall–Kier alpha value is -5.37. The Balaban J connectivity index is 1.33. The molecule has 0 saturated heterocycles. The highest BCUT2D eigenvalue weighted by Gasteiger charge is 2.47. The van der Waals surface area contributed by atoms with Gasteiger partial charge in [-0.1, -0.05) is 91.0 Å². The highest BCUT2D eigenvalue weighted by molar-refractivity contribution is 6.03. The number of carbonyl (C=O) groups is 3. The molecule has 0 radical (unpaired) electrons. The van der Waals surface area contributed by atoms with E-state index in [0.29, 0.717) is 42.3 Å². The van der Waals surface area contributed by atoms with Crippen LogP contribution < -0.4 is 10.1 Å². The fourth-order valence-corrected chi connectivity index (χ4v) is 6.09. The van der Waals surface area contributed by atoms with Gasteiger partial charge in [-0.25, -0.2) is 4.79 Å². The first kappa shape index (κ1) is 29.7. The molecule has 2 heterocycles. The monoisotopic (exact) mass is 600 g/mol. The number of hydrogen-bond donors (Lipinski definition) is 1. The van der Waals surface area contributed by atoms with Gasteiger partial charge in [0.1, 0.15) is 17.5 Å². The zero-order valence-corrected chi connectivity index (χ0v) is 25.4. The molecule has 45 heavy (non-hydrogen) atoms. The summed E-state index contributed by atoms with van der Waals surface area (Å²) in [5.41, 5.74) is 3.78. The minimum Gasteiger partial charge on any atom is -0.457 e. The van der Waals surface area contributed by atoms with Crippen molar-refractivity contribution < 1.29 is 19.1 Å². The first-order valence-electron chi connectivity index (χ1n) is 15.2. The van der Waals surface area contributed by atoms with Gasteiger partial charge in [0.2, 0.25) is 5.91 Å². The Morgan fingerprint density at radius 1 is 0.867 bits per heavy atom. The van der Waals surface area contributed by atoms with Crippen molar-refractivity contribution in [2.24, 2.45) is 0 Å². The van der Waals surface area contributed by atoms with Crippen molar-refractivity contribution in [2.75, 3.05) is 20.1 Å². The standard InChI is InChI=1S/C37H36N4O4/c1-3-40-32-25-41(31(22-26-14-7-4-8-15-26)35(42)39(2)24-27-16-9-5-10-17-27)36(43)33(32)34(38-37(40)44)28-18-13-21-30(23-28)45-29-19-11-6-12-20-29/h4-21,23,31,34H,3,22,24-25H2,1-2H3,(H,38,44)/t31-,34-/m1/s1. The topological polar surface area (TPSA) is 82.2 Å². The van der Waals surface area contributed by atoms with E-state index in [-0.39, 0.29) is 24.4 Å². The number of rotatable bonds is 10. The van der Waals surface area contributed by atoms with Gasteiger partial charge in [-0.2, -0.15) is 0 Å². The average Bonchev–Trinajstić information content (AvgIpc) is 3.40. The molecule has 8 nitrogen and oxygen atoms in total. The second kappa shape index (κ2) is 13.1.